The van der Waals surface area contributed by atoms with Crippen LogP contribution in [-0.4, -0.2) is 21.4 Å². The first-order chi connectivity index (χ1) is 10.0. The van der Waals surface area contributed by atoms with E-state index in [-0.39, 0.29) is 11.6 Å². The molecule has 8 heteroatoms. The summed E-state index contributed by atoms with van der Waals surface area (Å²) in [6, 6.07) is 3.09. The van der Waals surface area contributed by atoms with Crippen LogP contribution in [0.3, 0.4) is 0 Å². The van der Waals surface area contributed by atoms with Gasteiger partial charge in [0.2, 0.25) is 17.6 Å². The second-order valence-corrected chi connectivity index (χ2v) is 4.18. The fourth-order valence-corrected chi connectivity index (χ4v) is 1.60. The molecule has 0 spiro atoms. The maximum Gasteiger partial charge on any atom is 0.314 e. The van der Waals surface area contributed by atoms with Gasteiger partial charge in [-0.1, -0.05) is 0 Å². The molecular weight excluding hydrogens is 279 g/mol. The van der Waals surface area contributed by atoms with E-state index in [1.165, 1.54) is 12.3 Å². The largest absolute Gasteiger partial charge is 0.431 e. The van der Waals surface area contributed by atoms with Gasteiger partial charge in [0.15, 0.2) is 0 Å². The fourth-order valence-electron chi connectivity index (χ4n) is 1.60. The summed E-state index contributed by atoms with van der Waals surface area (Å²) in [4.78, 5) is 18.4. The number of anilines is 1. The Morgan fingerprint density at radius 1 is 1.48 bits per heavy atom. The van der Waals surface area contributed by atoms with Crippen molar-refractivity contribution in [3.8, 4) is 11.6 Å². The molecule has 0 amide bonds. The molecule has 2 rings (SSSR count). The third-order valence-electron chi connectivity index (χ3n) is 2.58. The number of benzene rings is 1. The monoisotopic (exact) mass is 292 g/mol. The van der Waals surface area contributed by atoms with Crippen LogP contribution in [0.1, 0.15) is 12.5 Å². The number of hydrogen-bond acceptors (Lipinski definition) is 6. The van der Waals surface area contributed by atoms with Gasteiger partial charge in [-0.05, 0) is 26.0 Å². The van der Waals surface area contributed by atoms with Crippen molar-refractivity contribution in [3.05, 3.63) is 45.9 Å². The van der Waals surface area contributed by atoms with E-state index >= 15 is 0 Å². The van der Waals surface area contributed by atoms with Gasteiger partial charge in [0.1, 0.15) is 5.82 Å². The number of aryl methyl sites for hydroxylation is 1. The summed E-state index contributed by atoms with van der Waals surface area (Å²) in [6.45, 7) is 4.22. The molecule has 7 nitrogen and oxygen atoms in total. The molecule has 0 bridgehead atoms. The van der Waals surface area contributed by atoms with Gasteiger partial charge in [-0.2, -0.15) is 4.98 Å². The molecule has 1 aromatic carbocycles. The third-order valence-corrected chi connectivity index (χ3v) is 2.58. The van der Waals surface area contributed by atoms with Crippen LogP contribution in [0.4, 0.5) is 16.0 Å². The number of rotatable bonds is 5. The third kappa shape index (κ3) is 3.41. The first kappa shape index (κ1) is 14.6. The number of halogens is 1. The van der Waals surface area contributed by atoms with E-state index in [1.54, 1.807) is 6.92 Å². The Labute approximate surface area is 120 Å². The van der Waals surface area contributed by atoms with E-state index in [4.69, 9.17) is 4.74 Å². The van der Waals surface area contributed by atoms with Gasteiger partial charge >= 0.3 is 5.69 Å². The number of aromatic nitrogens is 2. The van der Waals surface area contributed by atoms with E-state index in [9.17, 15) is 14.5 Å². The van der Waals surface area contributed by atoms with Gasteiger partial charge in [-0.3, -0.25) is 10.1 Å². The highest BCUT2D eigenvalue weighted by Crippen LogP contribution is 2.32. The van der Waals surface area contributed by atoms with Crippen LogP contribution >= 0.6 is 0 Å². The normalized spacial score (nSPS) is 10.2. The number of nitro groups is 1. The van der Waals surface area contributed by atoms with Gasteiger partial charge in [0.05, 0.1) is 11.0 Å². The molecule has 110 valence electrons. The minimum absolute atomic E-state index is 0.0781. The average Bonchev–Trinajstić information content (AvgIpc) is 2.44. The summed E-state index contributed by atoms with van der Waals surface area (Å²) in [5.41, 5.74) is 0.147. The molecule has 0 unspecified atom stereocenters. The molecule has 1 aromatic heterocycles. The first-order valence-corrected chi connectivity index (χ1v) is 6.20. The van der Waals surface area contributed by atoms with E-state index < -0.39 is 16.4 Å². The molecule has 21 heavy (non-hydrogen) atoms. The Balaban J connectivity index is 2.38. The lowest BCUT2D eigenvalue weighted by Crippen LogP contribution is -2.04. The van der Waals surface area contributed by atoms with Crippen molar-refractivity contribution in [2.75, 3.05) is 11.9 Å². The fraction of sp³-hybridized carbons (Fsp3) is 0.231. The average molecular weight is 292 g/mol. The Hall–Kier alpha value is -2.77. The standard InChI is InChI=1S/C13H13FN4O3/c1-3-15-13-16-7-8(2)12(17-13)21-11-5-4-9(14)6-10(11)18(19)20/h4-7H,3H2,1-2H3,(H,15,16,17). The number of nitro benzene ring substituents is 1. The topological polar surface area (TPSA) is 90.2 Å². The Kier molecular flexibility index (Phi) is 4.27. The van der Waals surface area contributed by atoms with Gasteiger partial charge in [0.25, 0.3) is 0 Å². The summed E-state index contributed by atoms with van der Waals surface area (Å²) >= 11 is 0. The van der Waals surface area contributed by atoms with Gasteiger partial charge in [-0.15, -0.1) is 0 Å². The van der Waals surface area contributed by atoms with E-state index in [0.29, 0.717) is 18.1 Å². The highest BCUT2D eigenvalue weighted by atomic mass is 19.1. The smallest absolute Gasteiger partial charge is 0.314 e. The van der Waals surface area contributed by atoms with Crippen molar-refractivity contribution < 1.29 is 14.1 Å². The van der Waals surface area contributed by atoms with Gasteiger partial charge in [-0.25, -0.2) is 9.37 Å². The predicted molar refractivity (Wildman–Crippen MR) is 74.1 cm³/mol. The van der Waals surface area contributed by atoms with Crippen LogP contribution in [0.25, 0.3) is 0 Å². The van der Waals surface area contributed by atoms with E-state index in [0.717, 1.165) is 12.1 Å². The van der Waals surface area contributed by atoms with Gasteiger partial charge < -0.3 is 10.1 Å². The second kappa shape index (κ2) is 6.12. The lowest BCUT2D eigenvalue weighted by molar-refractivity contribution is -0.385. The maximum absolute atomic E-state index is 13.1. The van der Waals surface area contributed by atoms with E-state index in [1.807, 2.05) is 6.92 Å². The van der Waals surface area contributed by atoms with Crippen molar-refractivity contribution in [1.29, 1.82) is 0 Å². The van der Waals surface area contributed by atoms with Crippen LogP contribution in [0.15, 0.2) is 24.4 Å². The molecule has 0 atom stereocenters. The number of nitrogens with zero attached hydrogens (tertiary/aromatic N) is 3. The SMILES string of the molecule is CCNc1ncc(C)c(Oc2ccc(F)cc2[N+](=O)[O-])n1. The predicted octanol–water partition coefficient (Wildman–Crippen LogP) is 3.06. The van der Waals surface area contributed by atoms with Crippen LogP contribution in [0.2, 0.25) is 0 Å². The Morgan fingerprint density at radius 2 is 2.24 bits per heavy atom. The molecule has 0 saturated carbocycles. The van der Waals surface area contributed by atoms with Crippen LogP contribution in [0.5, 0.6) is 11.6 Å². The van der Waals surface area contributed by atoms with Crippen molar-refractivity contribution in [2.24, 2.45) is 0 Å². The van der Waals surface area contributed by atoms with Crippen LogP contribution in [0, 0.1) is 22.9 Å². The minimum Gasteiger partial charge on any atom is -0.431 e. The highest BCUT2D eigenvalue weighted by Gasteiger charge is 2.18. The molecule has 1 heterocycles. The molecule has 0 aliphatic carbocycles. The number of nitrogens with one attached hydrogen (secondary N) is 1. The quantitative estimate of drug-likeness (QED) is 0.672. The lowest BCUT2D eigenvalue weighted by Gasteiger charge is -2.09. The summed E-state index contributed by atoms with van der Waals surface area (Å²) in [5.74, 6) is -0.258. The van der Waals surface area contributed by atoms with Crippen molar-refractivity contribution >= 4 is 11.6 Å². The molecule has 2 aromatic rings. The lowest BCUT2D eigenvalue weighted by atomic mass is 10.3. The number of hydrogen-bond donors (Lipinski definition) is 1. The van der Waals surface area contributed by atoms with Crippen molar-refractivity contribution in [3.63, 3.8) is 0 Å². The highest BCUT2D eigenvalue weighted by molar-refractivity contribution is 5.48. The summed E-state index contributed by atoms with van der Waals surface area (Å²) in [6.07, 6.45) is 1.54. The second-order valence-electron chi connectivity index (χ2n) is 4.18. The molecule has 0 aliphatic heterocycles. The molecular formula is C13H13FN4O3. The Morgan fingerprint density at radius 3 is 2.90 bits per heavy atom. The first-order valence-electron chi connectivity index (χ1n) is 6.20. The van der Waals surface area contributed by atoms with E-state index in [2.05, 4.69) is 15.3 Å². The minimum atomic E-state index is -0.708. The summed E-state index contributed by atoms with van der Waals surface area (Å²) < 4.78 is 18.5. The maximum atomic E-state index is 13.1. The van der Waals surface area contributed by atoms with Crippen molar-refractivity contribution in [1.82, 2.24) is 9.97 Å². The number of ether oxygens (including phenoxy) is 1. The van der Waals surface area contributed by atoms with Gasteiger partial charge in [0, 0.05) is 18.3 Å². The molecule has 0 saturated heterocycles. The van der Waals surface area contributed by atoms with Crippen molar-refractivity contribution in [2.45, 2.75) is 13.8 Å². The molecule has 0 aliphatic rings. The Bertz CT molecular complexity index is 678. The molecule has 0 fully saturated rings. The zero-order valence-electron chi connectivity index (χ0n) is 11.5. The van der Waals surface area contributed by atoms with Crippen LogP contribution in [-0.2, 0) is 0 Å². The summed E-state index contributed by atoms with van der Waals surface area (Å²) in [7, 11) is 0. The summed E-state index contributed by atoms with van der Waals surface area (Å²) in [5, 5.41) is 13.8. The zero-order chi connectivity index (χ0) is 15.4. The zero-order valence-corrected chi connectivity index (χ0v) is 11.5. The molecule has 0 radical (unpaired) electrons. The molecule has 1 N–H and O–H groups in total. The van der Waals surface area contributed by atoms with Crippen LogP contribution < -0.4 is 10.1 Å².